The van der Waals surface area contributed by atoms with Gasteiger partial charge >= 0.3 is 0 Å². The van der Waals surface area contributed by atoms with E-state index in [9.17, 15) is 4.79 Å². The van der Waals surface area contributed by atoms with Crippen molar-refractivity contribution in [3.05, 3.63) is 23.4 Å². The number of hydrogen-bond acceptors (Lipinski definition) is 3. The number of pyridine rings is 1. The van der Waals surface area contributed by atoms with Gasteiger partial charge in [0.2, 0.25) is 0 Å². The average molecular weight is 275 g/mol. The standard InChI is InChI=1S/C16H25N3O/c1-10(2)14-7-13(8-15(17-4)19-14)16(20)18-9-11(3)12-5-6-12/h7-8,10-12H,5-6,9H2,1-4H3,(H,17,19)(H,18,20). The summed E-state index contributed by atoms with van der Waals surface area (Å²) in [6.45, 7) is 7.14. The summed E-state index contributed by atoms with van der Waals surface area (Å²) in [4.78, 5) is 16.7. The van der Waals surface area contributed by atoms with Gasteiger partial charge in [0.1, 0.15) is 5.82 Å². The van der Waals surface area contributed by atoms with Crippen molar-refractivity contribution >= 4 is 11.7 Å². The van der Waals surface area contributed by atoms with E-state index in [1.807, 2.05) is 19.2 Å². The number of carbonyl (C=O) groups is 1. The van der Waals surface area contributed by atoms with Crippen molar-refractivity contribution in [1.82, 2.24) is 10.3 Å². The van der Waals surface area contributed by atoms with Gasteiger partial charge in [-0.15, -0.1) is 0 Å². The fourth-order valence-corrected chi connectivity index (χ4v) is 2.29. The first-order valence-corrected chi connectivity index (χ1v) is 7.49. The number of carbonyl (C=O) groups excluding carboxylic acids is 1. The molecule has 2 N–H and O–H groups in total. The minimum absolute atomic E-state index is 0.00157. The topological polar surface area (TPSA) is 54.0 Å². The SMILES string of the molecule is CNc1cc(C(=O)NCC(C)C2CC2)cc(C(C)C)n1. The Kier molecular flexibility index (Phi) is 4.63. The van der Waals surface area contributed by atoms with E-state index in [1.165, 1.54) is 12.8 Å². The fourth-order valence-electron chi connectivity index (χ4n) is 2.29. The van der Waals surface area contributed by atoms with E-state index < -0.39 is 0 Å². The van der Waals surface area contributed by atoms with Gasteiger partial charge in [-0.05, 0) is 42.7 Å². The van der Waals surface area contributed by atoms with Gasteiger partial charge in [0.25, 0.3) is 5.91 Å². The van der Waals surface area contributed by atoms with Gasteiger partial charge in [-0.3, -0.25) is 4.79 Å². The predicted molar refractivity (Wildman–Crippen MR) is 82.1 cm³/mol. The number of nitrogens with one attached hydrogen (secondary N) is 2. The molecule has 0 spiro atoms. The smallest absolute Gasteiger partial charge is 0.251 e. The Hall–Kier alpha value is -1.58. The summed E-state index contributed by atoms with van der Waals surface area (Å²) >= 11 is 0. The molecular weight excluding hydrogens is 250 g/mol. The molecule has 1 fully saturated rings. The Morgan fingerprint density at radius 1 is 1.35 bits per heavy atom. The van der Waals surface area contributed by atoms with Gasteiger partial charge in [-0.1, -0.05) is 20.8 Å². The zero-order valence-corrected chi connectivity index (χ0v) is 12.9. The van der Waals surface area contributed by atoms with Crippen LogP contribution < -0.4 is 10.6 Å². The van der Waals surface area contributed by atoms with Crippen LogP contribution in [0.5, 0.6) is 0 Å². The van der Waals surface area contributed by atoms with Crippen molar-refractivity contribution in [2.45, 2.75) is 39.5 Å². The predicted octanol–water partition coefficient (Wildman–Crippen LogP) is 3.02. The van der Waals surface area contributed by atoms with Gasteiger partial charge in [0.05, 0.1) is 0 Å². The van der Waals surface area contributed by atoms with Gasteiger partial charge in [0, 0.05) is 24.8 Å². The molecule has 20 heavy (non-hydrogen) atoms. The molecule has 0 aromatic carbocycles. The second-order valence-electron chi connectivity index (χ2n) is 6.10. The van der Waals surface area contributed by atoms with Gasteiger partial charge in [-0.25, -0.2) is 4.98 Å². The van der Waals surface area contributed by atoms with Crippen LogP contribution >= 0.6 is 0 Å². The molecule has 1 unspecified atom stereocenters. The number of aromatic nitrogens is 1. The lowest BCUT2D eigenvalue weighted by molar-refractivity contribution is 0.0946. The van der Waals surface area contributed by atoms with Crippen LogP contribution in [-0.2, 0) is 0 Å². The molecule has 1 amide bonds. The largest absolute Gasteiger partial charge is 0.373 e. The van der Waals surface area contributed by atoms with Crippen LogP contribution in [0, 0.1) is 11.8 Å². The Bertz CT molecular complexity index is 481. The molecule has 1 aromatic heterocycles. The molecule has 0 radical (unpaired) electrons. The molecule has 2 rings (SSSR count). The lowest BCUT2D eigenvalue weighted by atomic mass is 10.1. The minimum Gasteiger partial charge on any atom is -0.373 e. The van der Waals surface area contributed by atoms with E-state index in [2.05, 4.69) is 36.4 Å². The third kappa shape index (κ3) is 3.71. The van der Waals surface area contributed by atoms with E-state index in [-0.39, 0.29) is 5.91 Å². The van der Waals surface area contributed by atoms with E-state index in [0.717, 1.165) is 24.0 Å². The van der Waals surface area contributed by atoms with Gasteiger partial charge < -0.3 is 10.6 Å². The van der Waals surface area contributed by atoms with Crippen LogP contribution in [-0.4, -0.2) is 24.5 Å². The van der Waals surface area contributed by atoms with Crippen LogP contribution in [0.3, 0.4) is 0 Å². The highest BCUT2D eigenvalue weighted by molar-refractivity contribution is 5.95. The molecule has 1 aromatic rings. The number of hydrogen-bond donors (Lipinski definition) is 2. The number of anilines is 1. The molecule has 1 aliphatic rings. The van der Waals surface area contributed by atoms with Crippen LogP contribution in [0.1, 0.15) is 55.6 Å². The van der Waals surface area contributed by atoms with Crippen molar-refractivity contribution in [1.29, 1.82) is 0 Å². The Labute approximate surface area is 121 Å². The maximum Gasteiger partial charge on any atom is 0.251 e. The van der Waals surface area contributed by atoms with E-state index in [0.29, 0.717) is 17.4 Å². The molecule has 0 saturated heterocycles. The van der Waals surface area contributed by atoms with Crippen LogP contribution in [0.25, 0.3) is 0 Å². The minimum atomic E-state index is -0.00157. The normalized spacial score (nSPS) is 16.1. The third-order valence-electron chi connectivity index (χ3n) is 3.97. The second-order valence-corrected chi connectivity index (χ2v) is 6.10. The van der Waals surface area contributed by atoms with Crippen LogP contribution in [0.4, 0.5) is 5.82 Å². The first kappa shape index (κ1) is 14.8. The third-order valence-corrected chi connectivity index (χ3v) is 3.97. The van der Waals surface area contributed by atoms with Crippen molar-refractivity contribution < 1.29 is 4.79 Å². The number of rotatable bonds is 6. The van der Waals surface area contributed by atoms with Crippen molar-refractivity contribution in [3.8, 4) is 0 Å². The van der Waals surface area contributed by atoms with Crippen molar-refractivity contribution in [2.75, 3.05) is 18.9 Å². The summed E-state index contributed by atoms with van der Waals surface area (Å²) in [6.07, 6.45) is 2.63. The van der Waals surface area contributed by atoms with Gasteiger partial charge in [0.15, 0.2) is 0 Å². The number of nitrogens with zero attached hydrogens (tertiary/aromatic N) is 1. The maximum atomic E-state index is 12.3. The van der Waals surface area contributed by atoms with Crippen molar-refractivity contribution in [3.63, 3.8) is 0 Å². The highest BCUT2D eigenvalue weighted by Gasteiger charge is 2.28. The molecule has 110 valence electrons. The molecule has 1 heterocycles. The molecule has 1 saturated carbocycles. The molecule has 0 aliphatic heterocycles. The highest BCUT2D eigenvalue weighted by Crippen LogP contribution is 2.36. The van der Waals surface area contributed by atoms with Crippen LogP contribution in [0.15, 0.2) is 12.1 Å². The molecular formula is C16H25N3O. The molecule has 0 bridgehead atoms. The van der Waals surface area contributed by atoms with E-state index in [4.69, 9.17) is 0 Å². The average Bonchev–Trinajstić information content (AvgIpc) is 3.28. The first-order chi connectivity index (χ1) is 9.51. The summed E-state index contributed by atoms with van der Waals surface area (Å²) in [7, 11) is 1.82. The zero-order valence-electron chi connectivity index (χ0n) is 12.9. The fraction of sp³-hybridized carbons (Fsp3) is 0.625. The Balaban J connectivity index is 2.05. The maximum absolute atomic E-state index is 12.3. The van der Waals surface area contributed by atoms with E-state index in [1.54, 1.807) is 0 Å². The molecule has 1 atom stereocenters. The quantitative estimate of drug-likeness (QED) is 0.839. The number of amides is 1. The zero-order chi connectivity index (χ0) is 14.7. The molecule has 4 nitrogen and oxygen atoms in total. The summed E-state index contributed by atoms with van der Waals surface area (Å²) in [5, 5.41) is 6.06. The van der Waals surface area contributed by atoms with Gasteiger partial charge in [-0.2, -0.15) is 0 Å². The highest BCUT2D eigenvalue weighted by atomic mass is 16.1. The second kappa shape index (κ2) is 6.25. The molecule has 4 heteroatoms. The lowest BCUT2D eigenvalue weighted by Crippen LogP contribution is -2.29. The Morgan fingerprint density at radius 3 is 2.60 bits per heavy atom. The van der Waals surface area contributed by atoms with Crippen LogP contribution in [0.2, 0.25) is 0 Å². The monoisotopic (exact) mass is 275 g/mol. The lowest BCUT2D eigenvalue weighted by Gasteiger charge is -2.13. The summed E-state index contributed by atoms with van der Waals surface area (Å²) in [5.74, 6) is 2.44. The molecule has 1 aliphatic carbocycles. The van der Waals surface area contributed by atoms with E-state index >= 15 is 0 Å². The van der Waals surface area contributed by atoms with Crippen molar-refractivity contribution in [2.24, 2.45) is 11.8 Å². The Morgan fingerprint density at radius 2 is 2.05 bits per heavy atom. The summed E-state index contributed by atoms with van der Waals surface area (Å²) < 4.78 is 0. The summed E-state index contributed by atoms with van der Waals surface area (Å²) in [5.41, 5.74) is 1.63. The summed E-state index contributed by atoms with van der Waals surface area (Å²) in [6, 6.07) is 3.70. The first-order valence-electron chi connectivity index (χ1n) is 7.49.